The van der Waals surface area contributed by atoms with Crippen molar-refractivity contribution in [2.75, 3.05) is 13.1 Å². The summed E-state index contributed by atoms with van der Waals surface area (Å²) in [5, 5.41) is 114. The minimum Gasteiger partial charge on any atom is -0.512 e. The van der Waals surface area contributed by atoms with Crippen LogP contribution in [0.4, 0.5) is 4.79 Å². The van der Waals surface area contributed by atoms with E-state index in [-0.39, 0.29) is 44.7 Å². The van der Waals surface area contributed by atoms with E-state index in [2.05, 4.69) is 10.6 Å². The van der Waals surface area contributed by atoms with Crippen molar-refractivity contribution < 1.29 is 79.6 Å². The highest BCUT2D eigenvalue weighted by molar-refractivity contribution is 5.74. The molecule has 3 aliphatic heterocycles. The van der Waals surface area contributed by atoms with Gasteiger partial charge >= 0.3 is 12.0 Å². The number of urea groups is 1. The Labute approximate surface area is 397 Å². The third kappa shape index (κ3) is 20.8. The molecule has 0 aliphatic carbocycles. The van der Waals surface area contributed by atoms with E-state index in [9.17, 15) is 60.7 Å². The van der Waals surface area contributed by atoms with Crippen LogP contribution in [0.5, 0.6) is 0 Å². The normalized spacial score (nSPS) is 42.4. The number of hydrogen-bond donors (Lipinski definition) is 15. The smallest absolute Gasteiger partial charge is 0.315 e. The summed E-state index contributed by atoms with van der Waals surface area (Å²) in [7, 11) is 0. The summed E-state index contributed by atoms with van der Waals surface area (Å²) in [6, 6.07) is -3.18. The van der Waals surface area contributed by atoms with Crippen molar-refractivity contribution >= 4 is 12.0 Å². The van der Waals surface area contributed by atoms with E-state index in [1.807, 2.05) is 6.92 Å². The molecule has 18 N–H and O–H groups in total. The van der Waals surface area contributed by atoms with Crippen LogP contribution in [0.2, 0.25) is 0 Å². The molecule has 3 rings (SSSR count). The fourth-order valence-electron chi connectivity index (χ4n) is 7.62. The first-order valence-corrected chi connectivity index (χ1v) is 22.9. The summed E-state index contributed by atoms with van der Waals surface area (Å²) >= 11 is 0. The molecule has 0 radical (unpaired) electrons. The van der Waals surface area contributed by atoms with E-state index >= 15 is 0 Å². The average molecular weight is 966 g/mol. The lowest BCUT2D eigenvalue weighted by Gasteiger charge is -2.46. The summed E-state index contributed by atoms with van der Waals surface area (Å²) in [4.78, 5) is 25.3. The van der Waals surface area contributed by atoms with Gasteiger partial charge in [0.05, 0.1) is 60.9 Å². The van der Waals surface area contributed by atoms with E-state index in [1.165, 1.54) is 0 Å². The van der Waals surface area contributed by atoms with Crippen molar-refractivity contribution in [3.8, 4) is 0 Å². The molecule has 2 saturated heterocycles. The Kier molecular flexibility index (Phi) is 25.5. The van der Waals surface area contributed by atoms with Gasteiger partial charge in [-0.2, -0.15) is 0 Å². The van der Waals surface area contributed by atoms with Crippen LogP contribution in [0.25, 0.3) is 0 Å². The second-order valence-electron chi connectivity index (χ2n) is 17.4. The predicted molar refractivity (Wildman–Crippen MR) is 249 cm³/mol. The molecule has 21 nitrogen and oxygen atoms in total. The van der Waals surface area contributed by atoms with Crippen LogP contribution in [0.1, 0.15) is 65.2 Å². The molecule has 14 unspecified atom stereocenters. The lowest BCUT2D eigenvalue weighted by molar-refractivity contribution is -0.303. The van der Waals surface area contributed by atoms with Crippen LogP contribution < -0.4 is 27.8 Å². The molecule has 0 spiro atoms. The summed E-state index contributed by atoms with van der Waals surface area (Å²) in [5.74, 6) is -3.85. The van der Waals surface area contributed by atoms with Gasteiger partial charge in [-0.15, -0.1) is 0 Å². The number of cyclic esters (lactones) is 1. The SMILES string of the molecule is C[C@H]1CC(O)[C@@H](C)/C=C/C=C/C=C/C=C/C=C/C=C/C=C/C(OC2OC(N)C(O)C(N)C2O)C[C@@H]2OC(O)(CC(O)CC(O)C(O)CCC(O)/C=C(\O)CC(=O)O1)CC(O)C2NC(=O)NCCN. The number of aliphatic hydroxyl groups is 10. The summed E-state index contributed by atoms with van der Waals surface area (Å²) < 4.78 is 23.1. The van der Waals surface area contributed by atoms with E-state index < -0.39 is 141 Å². The summed E-state index contributed by atoms with van der Waals surface area (Å²) in [6.07, 6.45) is 5.53. The predicted octanol–water partition coefficient (Wildman–Crippen LogP) is -1.02. The quantitative estimate of drug-likeness (QED) is 0.147. The van der Waals surface area contributed by atoms with Gasteiger partial charge in [0.2, 0.25) is 0 Å². The molecular formula is C47H75N5O16. The number of ether oxygens (including phenoxy) is 4. The maximum Gasteiger partial charge on any atom is 0.315 e. The van der Waals surface area contributed by atoms with Crippen molar-refractivity contribution in [1.29, 1.82) is 0 Å². The van der Waals surface area contributed by atoms with Gasteiger partial charge in [-0.05, 0) is 25.8 Å². The third-order valence-electron chi connectivity index (χ3n) is 11.4. The maximum atomic E-state index is 12.9. The number of carbonyl (C=O) groups excluding carboxylic acids is 2. The summed E-state index contributed by atoms with van der Waals surface area (Å²) in [5.41, 5.74) is 17.5. The van der Waals surface area contributed by atoms with Gasteiger partial charge in [-0.25, -0.2) is 4.79 Å². The molecule has 0 aromatic carbocycles. The van der Waals surface area contributed by atoms with Gasteiger partial charge in [0.15, 0.2) is 12.1 Å². The monoisotopic (exact) mass is 966 g/mol. The molecule has 3 aliphatic rings. The number of rotatable bonds is 5. The first-order chi connectivity index (χ1) is 32.2. The second-order valence-corrected chi connectivity index (χ2v) is 17.4. The third-order valence-corrected chi connectivity index (χ3v) is 11.4. The highest BCUT2D eigenvalue weighted by Gasteiger charge is 2.49. The van der Waals surface area contributed by atoms with E-state index in [4.69, 9.17) is 36.1 Å². The molecule has 3 heterocycles. The van der Waals surface area contributed by atoms with Gasteiger partial charge in [0, 0.05) is 51.1 Å². The van der Waals surface area contributed by atoms with Crippen LogP contribution >= 0.6 is 0 Å². The maximum absolute atomic E-state index is 12.9. The summed E-state index contributed by atoms with van der Waals surface area (Å²) in [6.45, 7) is 3.61. The largest absolute Gasteiger partial charge is 0.512 e. The Bertz CT molecular complexity index is 1780. The number of esters is 1. The molecule has 0 saturated carbocycles. The number of allylic oxidation sites excluding steroid dienone is 12. The Hall–Kier alpha value is -4.14. The standard InChI is InChI=1S/C47H75N5O16/c1-28-15-13-11-9-7-5-3-4-6-8-10-12-14-16-33(66-45-43(62)40(49)42(61)44(50)67-45)25-38-41(52-46(63)51-20-19-48)37(59)27-47(64,68-38)26-32(55)23-36(58)34(56)18-17-30(53)22-31(54)24-39(60)65-29(2)21-35(28)57/h3-16,22,28-30,32-38,40-45,53-59,61-62,64H,17-21,23-27,48-50H2,1-2H3,(H2,51,52,63)/b4-3+,7-5+,8-6+,11-9+,12-10+,15-13+,16-14+,31-22-/t28-,29-,30?,32?,33?,34?,35?,36?,37?,38-,40?,41?,42?,43?,44?,45?,47?/m0/s1. The van der Waals surface area contributed by atoms with Gasteiger partial charge in [-0.3, -0.25) is 4.79 Å². The molecule has 68 heavy (non-hydrogen) atoms. The average Bonchev–Trinajstić information content (AvgIpc) is 3.26. The number of amides is 2. The van der Waals surface area contributed by atoms with Gasteiger partial charge in [0.1, 0.15) is 36.7 Å². The molecule has 21 heteroatoms. The number of nitrogens with one attached hydrogen (secondary N) is 2. The highest BCUT2D eigenvalue weighted by Crippen LogP contribution is 2.35. The molecule has 2 amide bonds. The fraction of sp³-hybridized carbons (Fsp3) is 0.617. The number of hydrogen-bond acceptors (Lipinski definition) is 19. The molecule has 0 aromatic heterocycles. The van der Waals surface area contributed by atoms with Crippen LogP contribution in [-0.2, 0) is 23.7 Å². The van der Waals surface area contributed by atoms with Crippen molar-refractivity contribution in [1.82, 2.24) is 10.6 Å². The minimum absolute atomic E-state index is 0.0884. The van der Waals surface area contributed by atoms with E-state index in [0.29, 0.717) is 0 Å². The van der Waals surface area contributed by atoms with Crippen LogP contribution in [0.3, 0.4) is 0 Å². The van der Waals surface area contributed by atoms with Crippen LogP contribution in [0, 0.1) is 5.92 Å². The molecule has 0 aromatic rings. The molecule has 2 fully saturated rings. The first-order valence-electron chi connectivity index (χ1n) is 22.9. The molecular weight excluding hydrogens is 891 g/mol. The van der Waals surface area contributed by atoms with Crippen molar-refractivity contribution in [2.45, 2.75) is 163 Å². The van der Waals surface area contributed by atoms with Gasteiger partial charge in [-0.1, -0.05) is 92.0 Å². The number of aliphatic hydroxyl groups excluding tert-OH is 9. The Morgan fingerprint density at radius 3 is 2.00 bits per heavy atom. The molecule has 384 valence electrons. The van der Waals surface area contributed by atoms with Gasteiger partial charge in [0.25, 0.3) is 0 Å². The fourth-order valence-corrected chi connectivity index (χ4v) is 7.62. The zero-order valence-electron chi connectivity index (χ0n) is 38.6. The second kappa shape index (κ2) is 29.8. The van der Waals surface area contributed by atoms with Crippen LogP contribution in [0.15, 0.2) is 96.9 Å². The number of carbonyl (C=O) groups is 2. The molecule has 17 atom stereocenters. The number of fused-ring (bicyclic) bond motifs is 2. The molecule has 2 bridgehead atoms. The highest BCUT2D eigenvalue weighted by atomic mass is 16.7. The van der Waals surface area contributed by atoms with E-state index in [1.54, 1.807) is 92.0 Å². The zero-order valence-corrected chi connectivity index (χ0v) is 38.6. The van der Waals surface area contributed by atoms with Gasteiger partial charge < -0.3 is 97.8 Å². The van der Waals surface area contributed by atoms with E-state index in [0.717, 1.165) is 6.08 Å². The Morgan fingerprint density at radius 2 is 1.38 bits per heavy atom. The Balaban J connectivity index is 1.92. The Morgan fingerprint density at radius 1 is 0.779 bits per heavy atom. The lowest BCUT2D eigenvalue weighted by atomic mass is 9.87. The van der Waals surface area contributed by atoms with Crippen molar-refractivity contribution in [2.24, 2.45) is 23.1 Å². The zero-order chi connectivity index (χ0) is 50.4. The first kappa shape index (κ1) is 58.2. The number of nitrogens with two attached hydrogens (primary N) is 3. The topological polar surface area (TPSA) is 375 Å². The minimum atomic E-state index is -2.28. The van der Waals surface area contributed by atoms with Crippen molar-refractivity contribution in [3.05, 3.63) is 96.9 Å². The van der Waals surface area contributed by atoms with Crippen LogP contribution in [-0.4, -0.2) is 174 Å². The lowest BCUT2D eigenvalue weighted by Crippen LogP contribution is -2.65. The van der Waals surface area contributed by atoms with Crippen molar-refractivity contribution in [3.63, 3.8) is 0 Å².